The van der Waals surface area contributed by atoms with Gasteiger partial charge in [0.1, 0.15) is 6.61 Å². The summed E-state index contributed by atoms with van der Waals surface area (Å²) in [6, 6.07) is 17.7. The Kier molecular flexibility index (Phi) is 8.38. The lowest BCUT2D eigenvalue weighted by Crippen LogP contribution is -2.51. The van der Waals surface area contributed by atoms with Gasteiger partial charge in [0.05, 0.1) is 13.2 Å². The summed E-state index contributed by atoms with van der Waals surface area (Å²) in [6.07, 6.45) is 3.80. The van der Waals surface area contributed by atoms with Gasteiger partial charge in [0, 0.05) is 36.6 Å². The van der Waals surface area contributed by atoms with Crippen molar-refractivity contribution in [1.29, 1.82) is 0 Å². The molecule has 1 heterocycles. The second-order valence-corrected chi connectivity index (χ2v) is 10.8. The summed E-state index contributed by atoms with van der Waals surface area (Å²) in [5.41, 5.74) is 2.33. The molecule has 1 aliphatic carbocycles. The van der Waals surface area contributed by atoms with E-state index in [0.717, 1.165) is 49.3 Å². The monoisotopic (exact) mass is 481 g/mol. The molecule has 6 heteroatoms. The Bertz CT molecular complexity index is 953. The molecule has 0 spiro atoms. The van der Waals surface area contributed by atoms with E-state index in [1.807, 2.05) is 26.2 Å². The van der Waals surface area contributed by atoms with Gasteiger partial charge in [0.15, 0.2) is 11.5 Å². The Morgan fingerprint density at radius 3 is 2.60 bits per heavy atom. The van der Waals surface area contributed by atoms with Gasteiger partial charge in [0.2, 0.25) is 0 Å². The van der Waals surface area contributed by atoms with E-state index in [9.17, 15) is 5.11 Å². The summed E-state index contributed by atoms with van der Waals surface area (Å²) in [6.45, 7) is 4.46. The Labute approximate surface area is 211 Å². The van der Waals surface area contributed by atoms with Crippen LogP contribution in [0.5, 0.6) is 11.5 Å². The van der Waals surface area contributed by atoms with Crippen LogP contribution in [0, 0.1) is 5.41 Å². The van der Waals surface area contributed by atoms with Crippen LogP contribution < -0.4 is 14.8 Å². The van der Waals surface area contributed by atoms with Crippen LogP contribution in [-0.2, 0) is 6.54 Å². The first-order chi connectivity index (χ1) is 16.8. The number of ether oxygens (including phenoxy) is 2. The third kappa shape index (κ3) is 5.67. The fourth-order valence-electron chi connectivity index (χ4n) is 6.15. The topological polar surface area (TPSA) is 57.2 Å². The van der Waals surface area contributed by atoms with E-state index in [1.165, 1.54) is 5.56 Å². The molecule has 35 heavy (non-hydrogen) atoms. The molecule has 0 amide bonds. The molecule has 6 nitrogen and oxygen atoms in total. The number of nitrogens with zero attached hydrogens (tertiary/aromatic N) is 2. The number of aliphatic hydroxyl groups excluding tert-OH is 1. The van der Waals surface area contributed by atoms with E-state index in [4.69, 9.17) is 9.47 Å². The highest BCUT2D eigenvalue weighted by atomic mass is 16.5. The van der Waals surface area contributed by atoms with Crippen LogP contribution >= 0.6 is 0 Å². The molecule has 1 saturated heterocycles. The van der Waals surface area contributed by atoms with Gasteiger partial charge in [-0.2, -0.15) is 0 Å². The molecule has 0 unspecified atom stereocenters. The normalized spacial score (nSPS) is 29.1. The Morgan fingerprint density at radius 2 is 1.89 bits per heavy atom. The minimum atomic E-state index is -0.401. The second kappa shape index (κ2) is 11.3. The lowest BCUT2D eigenvalue weighted by atomic mass is 9.74. The maximum absolute atomic E-state index is 11.7. The fourth-order valence-corrected chi connectivity index (χ4v) is 6.15. The van der Waals surface area contributed by atoms with Crippen LogP contribution in [0.25, 0.3) is 0 Å². The first-order valence-electron chi connectivity index (χ1n) is 13.0. The van der Waals surface area contributed by atoms with E-state index in [0.29, 0.717) is 25.2 Å². The number of likely N-dealkylation sites (tertiary alicyclic amines) is 1. The highest BCUT2D eigenvalue weighted by Crippen LogP contribution is 2.52. The molecule has 2 N–H and O–H groups in total. The van der Waals surface area contributed by atoms with Crippen LogP contribution in [0.1, 0.15) is 49.8 Å². The maximum Gasteiger partial charge on any atom is 0.161 e. The largest absolute Gasteiger partial charge is 0.493 e. The van der Waals surface area contributed by atoms with E-state index >= 15 is 0 Å². The third-order valence-electron chi connectivity index (χ3n) is 8.20. The van der Waals surface area contributed by atoms with Crippen molar-refractivity contribution in [3.05, 3.63) is 59.7 Å². The Morgan fingerprint density at radius 1 is 1.11 bits per heavy atom. The lowest BCUT2D eigenvalue weighted by Gasteiger charge is -2.39. The standard InChI is InChI=1S/C29H43N3O3/c1-29-19-24(22-10-7-6-8-11-22)32(4)27(29)13-9-12-23(28(29)33)30-20-21-14-15-25(26(18-21)34-5)35-17-16-31(2)3/h6-8,10-11,14-15,18,23-24,27-28,30,33H,9,12-13,16-17,19-20H2,1-5H3/t23-,24-,27-,28+,29-/m1/s1. The SMILES string of the molecule is COc1cc(CN[C@@H]2CCC[C@H]3N(C)[C@@H](c4ccccc4)C[C@@]3(C)[C@H]2O)ccc1OCCN(C)C. The van der Waals surface area contributed by atoms with Crippen molar-refractivity contribution in [2.45, 2.75) is 63.4 Å². The van der Waals surface area contributed by atoms with Gasteiger partial charge in [-0.1, -0.05) is 49.7 Å². The quantitative estimate of drug-likeness (QED) is 0.563. The van der Waals surface area contributed by atoms with Crippen molar-refractivity contribution in [2.75, 3.05) is 41.4 Å². The van der Waals surface area contributed by atoms with Gasteiger partial charge in [-0.3, -0.25) is 4.90 Å². The van der Waals surface area contributed by atoms with Crippen molar-refractivity contribution >= 4 is 0 Å². The van der Waals surface area contributed by atoms with E-state index in [-0.39, 0.29) is 11.5 Å². The van der Waals surface area contributed by atoms with Gasteiger partial charge < -0.3 is 24.8 Å². The molecule has 1 aliphatic heterocycles. The van der Waals surface area contributed by atoms with Gasteiger partial charge in [-0.25, -0.2) is 0 Å². The number of nitrogens with one attached hydrogen (secondary N) is 1. The Hall–Kier alpha value is -2.12. The van der Waals surface area contributed by atoms with Crippen molar-refractivity contribution in [2.24, 2.45) is 5.41 Å². The molecule has 192 valence electrons. The number of rotatable bonds is 9. The van der Waals surface area contributed by atoms with Crippen molar-refractivity contribution in [3.63, 3.8) is 0 Å². The molecule has 0 aromatic heterocycles. The smallest absolute Gasteiger partial charge is 0.161 e. The second-order valence-electron chi connectivity index (χ2n) is 10.8. The van der Waals surface area contributed by atoms with Gasteiger partial charge >= 0.3 is 0 Å². The number of fused-ring (bicyclic) bond motifs is 1. The average Bonchev–Trinajstić information content (AvgIpc) is 3.05. The van der Waals surface area contributed by atoms with Gasteiger partial charge in [-0.05, 0) is 63.7 Å². The van der Waals surface area contributed by atoms with Crippen LogP contribution in [0.3, 0.4) is 0 Å². The zero-order valence-electron chi connectivity index (χ0n) is 22.0. The number of hydrogen-bond donors (Lipinski definition) is 2. The van der Waals surface area contributed by atoms with Crippen LogP contribution in [0.2, 0.25) is 0 Å². The molecule has 4 rings (SSSR count). The molecular formula is C29H43N3O3. The summed E-state index contributed by atoms with van der Waals surface area (Å²) < 4.78 is 11.5. The lowest BCUT2D eigenvalue weighted by molar-refractivity contribution is -0.00456. The third-order valence-corrected chi connectivity index (χ3v) is 8.20. The Balaban J connectivity index is 1.42. The molecule has 2 fully saturated rings. The summed E-state index contributed by atoms with van der Waals surface area (Å²) in [7, 11) is 7.99. The van der Waals surface area contributed by atoms with Crippen molar-refractivity contribution in [1.82, 2.24) is 15.1 Å². The minimum Gasteiger partial charge on any atom is -0.493 e. The van der Waals surface area contributed by atoms with Gasteiger partial charge in [-0.15, -0.1) is 0 Å². The predicted octanol–water partition coefficient (Wildman–Crippen LogP) is 4.09. The number of benzene rings is 2. The minimum absolute atomic E-state index is 0.0648. The fraction of sp³-hybridized carbons (Fsp3) is 0.586. The molecule has 5 atom stereocenters. The van der Waals surface area contributed by atoms with Gasteiger partial charge in [0.25, 0.3) is 0 Å². The van der Waals surface area contributed by atoms with E-state index < -0.39 is 6.10 Å². The summed E-state index contributed by atoms with van der Waals surface area (Å²) in [5, 5.41) is 15.4. The summed E-state index contributed by atoms with van der Waals surface area (Å²) >= 11 is 0. The molecule has 2 aliphatic rings. The molecule has 2 aromatic rings. The highest BCUT2D eigenvalue weighted by molar-refractivity contribution is 5.43. The van der Waals surface area contributed by atoms with E-state index in [1.54, 1.807) is 7.11 Å². The molecule has 1 saturated carbocycles. The van der Waals surface area contributed by atoms with E-state index in [2.05, 4.69) is 65.5 Å². The molecule has 2 aromatic carbocycles. The van der Waals surface area contributed by atoms with Crippen LogP contribution in [0.4, 0.5) is 0 Å². The summed E-state index contributed by atoms with van der Waals surface area (Å²) in [5.74, 6) is 1.52. The first kappa shape index (κ1) is 26.0. The maximum atomic E-state index is 11.7. The molecule has 0 radical (unpaired) electrons. The molecular weight excluding hydrogens is 438 g/mol. The zero-order valence-corrected chi connectivity index (χ0v) is 22.0. The zero-order chi connectivity index (χ0) is 25.0. The summed E-state index contributed by atoms with van der Waals surface area (Å²) in [4.78, 5) is 4.61. The first-order valence-corrected chi connectivity index (χ1v) is 13.0. The van der Waals surface area contributed by atoms with Crippen molar-refractivity contribution in [3.8, 4) is 11.5 Å². The van der Waals surface area contributed by atoms with Crippen LogP contribution in [-0.4, -0.2) is 74.5 Å². The number of methoxy groups -OCH3 is 1. The van der Waals surface area contributed by atoms with Crippen LogP contribution in [0.15, 0.2) is 48.5 Å². The number of aliphatic hydroxyl groups is 1. The highest BCUT2D eigenvalue weighted by Gasteiger charge is 2.54. The van der Waals surface area contributed by atoms with Crippen molar-refractivity contribution < 1.29 is 14.6 Å². The predicted molar refractivity (Wildman–Crippen MR) is 141 cm³/mol. The average molecular weight is 482 g/mol. The molecule has 0 bridgehead atoms. The number of likely N-dealkylation sites (N-methyl/N-ethyl adjacent to an activating group) is 1. The number of hydrogen-bond acceptors (Lipinski definition) is 6.